The predicted octanol–water partition coefficient (Wildman–Crippen LogP) is 2.72. The number of nitrogens with zero attached hydrogens (tertiary/aromatic N) is 3. The van der Waals surface area contributed by atoms with Gasteiger partial charge in [0.25, 0.3) is 0 Å². The first-order valence-corrected chi connectivity index (χ1v) is 6.39. The van der Waals surface area contributed by atoms with Gasteiger partial charge in [0.2, 0.25) is 5.76 Å². The number of aromatic nitrogens is 3. The lowest BCUT2D eigenvalue weighted by Gasteiger charge is -2.01. The highest BCUT2D eigenvalue weighted by atomic mass is 16.5. The third kappa shape index (κ3) is 1.69. The van der Waals surface area contributed by atoms with Crippen molar-refractivity contribution in [2.24, 2.45) is 0 Å². The lowest BCUT2D eigenvalue weighted by molar-refractivity contribution is 0.0652. The standard InChI is InChI=1S/C14H11N3O3/c18-14(19)13-6-10(16-20-13)8-1-4-12-11(5-8)15-7-17(12)9-2-3-9/h1,4-7,9H,2-3H2,(H,18,19). The van der Waals surface area contributed by atoms with E-state index in [4.69, 9.17) is 9.63 Å². The second-order valence-electron chi connectivity index (χ2n) is 4.97. The summed E-state index contributed by atoms with van der Waals surface area (Å²) in [4.78, 5) is 15.2. The largest absolute Gasteiger partial charge is 0.475 e. The first-order chi connectivity index (χ1) is 9.72. The molecule has 2 aromatic heterocycles. The molecular formula is C14H11N3O3. The highest BCUT2D eigenvalue weighted by molar-refractivity contribution is 5.87. The van der Waals surface area contributed by atoms with Crippen molar-refractivity contribution in [3.8, 4) is 11.3 Å². The molecule has 3 aromatic rings. The fourth-order valence-corrected chi connectivity index (χ4v) is 2.35. The highest BCUT2D eigenvalue weighted by Crippen LogP contribution is 2.37. The van der Waals surface area contributed by atoms with Crippen molar-refractivity contribution in [1.82, 2.24) is 14.7 Å². The maximum atomic E-state index is 10.8. The molecule has 1 aliphatic rings. The van der Waals surface area contributed by atoms with Gasteiger partial charge in [-0.1, -0.05) is 11.2 Å². The van der Waals surface area contributed by atoms with Gasteiger partial charge in [0.05, 0.1) is 17.4 Å². The van der Waals surface area contributed by atoms with Gasteiger partial charge in [0.1, 0.15) is 5.69 Å². The van der Waals surface area contributed by atoms with Gasteiger partial charge < -0.3 is 14.2 Å². The minimum absolute atomic E-state index is 0.163. The number of carbonyl (C=O) groups is 1. The summed E-state index contributed by atoms with van der Waals surface area (Å²) in [6, 6.07) is 7.80. The average molecular weight is 269 g/mol. The van der Waals surface area contributed by atoms with Crippen LogP contribution in [0, 0.1) is 0 Å². The topological polar surface area (TPSA) is 81.1 Å². The Balaban J connectivity index is 1.78. The molecule has 2 heterocycles. The van der Waals surface area contributed by atoms with Gasteiger partial charge in [-0.15, -0.1) is 0 Å². The normalized spacial score (nSPS) is 14.8. The molecule has 0 spiro atoms. The number of aromatic carboxylic acids is 1. The molecule has 6 heteroatoms. The van der Waals surface area contributed by atoms with Crippen molar-refractivity contribution < 1.29 is 14.4 Å². The van der Waals surface area contributed by atoms with E-state index in [0.29, 0.717) is 11.7 Å². The number of fused-ring (bicyclic) bond motifs is 1. The summed E-state index contributed by atoms with van der Waals surface area (Å²) in [6.45, 7) is 0. The Morgan fingerprint density at radius 2 is 2.20 bits per heavy atom. The molecule has 0 amide bonds. The van der Waals surface area contributed by atoms with Gasteiger partial charge in [-0.2, -0.15) is 0 Å². The van der Waals surface area contributed by atoms with Crippen LogP contribution in [-0.2, 0) is 0 Å². The zero-order valence-corrected chi connectivity index (χ0v) is 10.5. The monoisotopic (exact) mass is 269 g/mol. The minimum Gasteiger partial charge on any atom is -0.475 e. The molecule has 0 aliphatic heterocycles. The highest BCUT2D eigenvalue weighted by Gasteiger charge is 2.25. The maximum Gasteiger partial charge on any atom is 0.374 e. The molecule has 0 bridgehead atoms. The smallest absolute Gasteiger partial charge is 0.374 e. The van der Waals surface area contributed by atoms with E-state index in [0.717, 1.165) is 16.6 Å². The third-order valence-corrected chi connectivity index (χ3v) is 3.53. The van der Waals surface area contributed by atoms with Crippen LogP contribution in [0.1, 0.15) is 29.4 Å². The predicted molar refractivity (Wildman–Crippen MR) is 70.5 cm³/mol. The minimum atomic E-state index is -1.12. The first-order valence-electron chi connectivity index (χ1n) is 6.39. The molecule has 1 fully saturated rings. The van der Waals surface area contributed by atoms with E-state index in [9.17, 15) is 4.79 Å². The molecule has 4 rings (SSSR count). The summed E-state index contributed by atoms with van der Waals surface area (Å²) in [7, 11) is 0. The fraction of sp³-hybridized carbons (Fsp3) is 0.214. The van der Waals surface area contributed by atoms with E-state index in [1.807, 2.05) is 24.5 Å². The van der Waals surface area contributed by atoms with Crippen molar-refractivity contribution in [2.75, 3.05) is 0 Å². The third-order valence-electron chi connectivity index (χ3n) is 3.53. The number of carboxylic acids is 1. The van der Waals surface area contributed by atoms with Gasteiger partial charge in [0.15, 0.2) is 0 Å². The molecule has 1 saturated carbocycles. The van der Waals surface area contributed by atoms with Crippen LogP contribution in [0.15, 0.2) is 35.1 Å². The number of carboxylic acid groups (broad SMARTS) is 1. The SMILES string of the molecule is O=C(O)c1cc(-c2ccc3c(c2)ncn3C2CC2)no1. The quantitative estimate of drug-likeness (QED) is 0.790. The van der Waals surface area contributed by atoms with Crippen molar-refractivity contribution in [2.45, 2.75) is 18.9 Å². The van der Waals surface area contributed by atoms with E-state index in [1.165, 1.54) is 18.9 Å². The molecule has 1 aromatic carbocycles. The number of rotatable bonds is 3. The molecule has 0 unspecified atom stereocenters. The van der Waals surface area contributed by atoms with Crippen molar-refractivity contribution in [3.63, 3.8) is 0 Å². The summed E-state index contributed by atoms with van der Waals surface area (Å²) < 4.78 is 6.96. The van der Waals surface area contributed by atoms with E-state index in [-0.39, 0.29) is 5.76 Å². The molecule has 0 atom stereocenters. The summed E-state index contributed by atoms with van der Waals surface area (Å²) >= 11 is 0. The van der Waals surface area contributed by atoms with Gasteiger partial charge in [-0.05, 0) is 25.0 Å². The molecule has 100 valence electrons. The molecule has 1 N–H and O–H groups in total. The van der Waals surface area contributed by atoms with Crippen molar-refractivity contribution >= 4 is 17.0 Å². The summed E-state index contributed by atoms with van der Waals surface area (Å²) in [5.41, 5.74) is 3.28. The Morgan fingerprint density at radius 1 is 1.35 bits per heavy atom. The first kappa shape index (κ1) is 11.2. The van der Waals surface area contributed by atoms with Crippen molar-refractivity contribution in [3.05, 3.63) is 36.4 Å². The summed E-state index contributed by atoms with van der Waals surface area (Å²) in [6.07, 6.45) is 4.27. The second kappa shape index (κ2) is 3.93. The zero-order chi connectivity index (χ0) is 13.7. The number of benzene rings is 1. The number of hydrogen-bond acceptors (Lipinski definition) is 4. The van der Waals surface area contributed by atoms with Gasteiger partial charge in [0, 0.05) is 17.7 Å². The Morgan fingerprint density at radius 3 is 2.90 bits per heavy atom. The van der Waals surface area contributed by atoms with Crippen LogP contribution in [-0.4, -0.2) is 25.8 Å². The van der Waals surface area contributed by atoms with E-state index in [2.05, 4.69) is 14.7 Å². The van der Waals surface area contributed by atoms with Crippen LogP contribution < -0.4 is 0 Å². The lowest BCUT2D eigenvalue weighted by atomic mass is 10.1. The van der Waals surface area contributed by atoms with Crippen LogP contribution >= 0.6 is 0 Å². The molecular weight excluding hydrogens is 258 g/mol. The summed E-state index contributed by atoms with van der Waals surface area (Å²) in [5, 5.41) is 12.6. The van der Waals surface area contributed by atoms with E-state index >= 15 is 0 Å². The molecule has 6 nitrogen and oxygen atoms in total. The van der Waals surface area contributed by atoms with Gasteiger partial charge in [-0.25, -0.2) is 9.78 Å². The van der Waals surface area contributed by atoms with Crippen LogP contribution in [0.3, 0.4) is 0 Å². The Bertz CT molecular complexity index is 814. The number of hydrogen-bond donors (Lipinski definition) is 1. The molecule has 20 heavy (non-hydrogen) atoms. The molecule has 1 aliphatic carbocycles. The van der Waals surface area contributed by atoms with Crippen LogP contribution in [0.25, 0.3) is 22.3 Å². The Labute approximate surface area is 113 Å². The van der Waals surface area contributed by atoms with E-state index in [1.54, 1.807) is 0 Å². The maximum absolute atomic E-state index is 10.8. The Hall–Kier alpha value is -2.63. The van der Waals surface area contributed by atoms with E-state index < -0.39 is 5.97 Å². The van der Waals surface area contributed by atoms with Gasteiger partial charge in [-0.3, -0.25) is 0 Å². The molecule has 0 radical (unpaired) electrons. The summed E-state index contributed by atoms with van der Waals surface area (Å²) in [5.74, 6) is -1.29. The second-order valence-corrected chi connectivity index (χ2v) is 4.97. The van der Waals surface area contributed by atoms with Gasteiger partial charge >= 0.3 is 5.97 Å². The fourth-order valence-electron chi connectivity index (χ4n) is 2.35. The van der Waals surface area contributed by atoms with Crippen LogP contribution in [0.2, 0.25) is 0 Å². The van der Waals surface area contributed by atoms with Crippen molar-refractivity contribution in [1.29, 1.82) is 0 Å². The average Bonchev–Trinajstić information content (AvgIpc) is 3.03. The number of imidazole rings is 1. The Kier molecular flexibility index (Phi) is 2.20. The zero-order valence-electron chi connectivity index (χ0n) is 10.5. The van der Waals surface area contributed by atoms with Crippen LogP contribution in [0.4, 0.5) is 0 Å². The lowest BCUT2D eigenvalue weighted by Crippen LogP contribution is -1.91. The van der Waals surface area contributed by atoms with Crippen LogP contribution in [0.5, 0.6) is 0 Å². The molecule has 0 saturated heterocycles.